The number of rotatable bonds is 6. The quantitative estimate of drug-likeness (QED) is 0.741. The molecule has 0 radical (unpaired) electrons. The van der Waals surface area contributed by atoms with Crippen LogP contribution >= 0.6 is 0 Å². The molecule has 17 heavy (non-hydrogen) atoms. The summed E-state index contributed by atoms with van der Waals surface area (Å²) in [6, 6.07) is 1.13. The predicted octanol–water partition coefficient (Wildman–Crippen LogP) is 1.60. The maximum Gasteiger partial charge on any atom is 0.0558 e. The predicted molar refractivity (Wildman–Crippen MR) is 70.8 cm³/mol. The van der Waals surface area contributed by atoms with Gasteiger partial charge in [-0.15, -0.1) is 0 Å². The largest absolute Gasteiger partial charge is 0.395 e. The Bertz CT molecular complexity index is 230. The molecule has 3 N–H and O–H groups in total. The van der Waals surface area contributed by atoms with Crippen LogP contribution < -0.4 is 5.73 Å². The highest BCUT2D eigenvalue weighted by atomic mass is 16.3. The van der Waals surface area contributed by atoms with Crippen molar-refractivity contribution in [3.63, 3.8) is 0 Å². The van der Waals surface area contributed by atoms with E-state index in [9.17, 15) is 0 Å². The Morgan fingerprint density at radius 3 is 2.59 bits per heavy atom. The van der Waals surface area contributed by atoms with Gasteiger partial charge in [-0.1, -0.05) is 13.3 Å². The van der Waals surface area contributed by atoms with Crippen molar-refractivity contribution >= 4 is 0 Å². The average molecular weight is 240 g/mol. The van der Waals surface area contributed by atoms with Crippen LogP contribution in [0, 0.1) is 11.8 Å². The molecule has 0 aromatic rings. The van der Waals surface area contributed by atoms with Crippen LogP contribution in [0.5, 0.6) is 0 Å². The lowest BCUT2D eigenvalue weighted by Gasteiger charge is -2.37. The van der Waals surface area contributed by atoms with Crippen molar-refractivity contribution in [2.75, 3.05) is 19.7 Å². The maximum absolute atomic E-state index is 9.13. The first-order chi connectivity index (χ1) is 8.24. The number of aliphatic hydroxyl groups excluding tert-OH is 1. The van der Waals surface area contributed by atoms with Gasteiger partial charge in [0.05, 0.1) is 6.61 Å². The maximum atomic E-state index is 9.13. The first-order valence-electron chi connectivity index (χ1n) is 7.35. The van der Waals surface area contributed by atoms with Crippen LogP contribution in [-0.2, 0) is 0 Å². The Hall–Kier alpha value is -0.120. The van der Waals surface area contributed by atoms with E-state index < -0.39 is 0 Å². The summed E-state index contributed by atoms with van der Waals surface area (Å²) in [5, 5.41) is 9.13. The van der Waals surface area contributed by atoms with Gasteiger partial charge >= 0.3 is 0 Å². The molecule has 2 fully saturated rings. The molecule has 0 aromatic heterocycles. The molecule has 0 saturated heterocycles. The summed E-state index contributed by atoms with van der Waals surface area (Å²) >= 11 is 0. The van der Waals surface area contributed by atoms with Crippen molar-refractivity contribution in [1.82, 2.24) is 4.90 Å². The van der Waals surface area contributed by atoms with Crippen molar-refractivity contribution in [3.8, 4) is 0 Å². The van der Waals surface area contributed by atoms with E-state index in [1.807, 2.05) is 0 Å². The lowest BCUT2D eigenvalue weighted by atomic mass is 9.77. The molecular weight excluding hydrogens is 212 g/mol. The zero-order chi connectivity index (χ0) is 12.3. The lowest BCUT2D eigenvalue weighted by Crippen LogP contribution is -2.44. The van der Waals surface area contributed by atoms with E-state index in [0.717, 1.165) is 25.0 Å². The molecule has 2 aliphatic rings. The number of nitrogens with two attached hydrogens (primary N) is 1. The molecule has 0 aromatic carbocycles. The highest BCUT2D eigenvalue weighted by Gasteiger charge is 2.34. The second-order valence-corrected chi connectivity index (χ2v) is 5.96. The minimum atomic E-state index is 0.287. The van der Waals surface area contributed by atoms with Gasteiger partial charge in [0.25, 0.3) is 0 Å². The zero-order valence-electron chi connectivity index (χ0n) is 11.1. The van der Waals surface area contributed by atoms with E-state index >= 15 is 0 Å². The van der Waals surface area contributed by atoms with Gasteiger partial charge in [0.1, 0.15) is 0 Å². The highest BCUT2D eigenvalue weighted by Crippen LogP contribution is 2.33. The molecule has 2 rings (SSSR count). The fourth-order valence-corrected chi connectivity index (χ4v) is 3.26. The van der Waals surface area contributed by atoms with Gasteiger partial charge in [-0.25, -0.2) is 0 Å². The van der Waals surface area contributed by atoms with Crippen LogP contribution in [0.3, 0.4) is 0 Å². The van der Waals surface area contributed by atoms with Gasteiger partial charge in [0.2, 0.25) is 0 Å². The number of hydrogen-bond donors (Lipinski definition) is 2. The monoisotopic (exact) mass is 240 g/mol. The molecule has 0 heterocycles. The minimum absolute atomic E-state index is 0.287. The van der Waals surface area contributed by atoms with Gasteiger partial charge in [0.15, 0.2) is 0 Å². The Morgan fingerprint density at radius 1 is 1.24 bits per heavy atom. The summed E-state index contributed by atoms with van der Waals surface area (Å²) in [5.74, 6) is 1.54. The Kier molecular flexibility index (Phi) is 4.83. The Morgan fingerprint density at radius 2 is 2.00 bits per heavy atom. The van der Waals surface area contributed by atoms with E-state index in [1.165, 1.54) is 38.5 Å². The van der Waals surface area contributed by atoms with Gasteiger partial charge in [-0.2, -0.15) is 0 Å². The second-order valence-electron chi connectivity index (χ2n) is 5.96. The van der Waals surface area contributed by atoms with Gasteiger partial charge in [-0.3, -0.25) is 4.90 Å². The SMILES string of the molecule is CCC1CCC(N)C(CN(CCO)C2CC2)C1. The number of aliphatic hydroxyl groups is 1. The molecule has 0 aliphatic heterocycles. The first kappa shape index (κ1) is 13.3. The van der Waals surface area contributed by atoms with Crippen molar-refractivity contribution in [2.45, 2.75) is 57.5 Å². The molecule has 3 unspecified atom stereocenters. The standard InChI is InChI=1S/C14H28N2O/c1-2-11-3-6-14(15)12(9-11)10-16(7-8-17)13-4-5-13/h11-14,17H,2-10,15H2,1H3. The molecule has 0 bridgehead atoms. The normalized spacial score (nSPS) is 34.2. The Balaban J connectivity index is 1.85. The lowest BCUT2D eigenvalue weighted by molar-refractivity contribution is 0.127. The Labute approximate surface area is 105 Å². The molecule has 3 heteroatoms. The van der Waals surface area contributed by atoms with E-state index in [1.54, 1.807) is 0 Å². The first-order valence-corrected chi connectivity index (χ1v) is 7.35. The minimum Gasteiger partial charge on any atom is -0.395 e. The third kappa shape index (κ3) is 3.67. The summed E-state index contributed by atoms with van der Waals surface area (Å²) in [4.78, 5) is 2.47. The van der Waals surface area contributed by atoms with Crippen LogP contribution in [0.4, 0.5) is 0 Å². The highest BCUT2D eigenvalue weighted by molar-refractivity contribution is 4.89. The molecular formula is C14H28N2O. The third-order valence-electron chi connectivity index (χ3n) is 4.65. The second kappa shape index (κ2) is 6.17. The van der Waals surface area contributed by atoms with Crippen LogP contribution in [-0.4, -0.2) is 41.8 Å². The fraction of sp³-hybridized carbons (Fsp3) is 1.00. The van der Waals surface area contributed by atoms with Gasteiger partial charge in [-0.05, 0) is 43.9 Å². The zero-order valence-corrected chi connectivity index (χ0v) is 11.1. The summed E-state index contributed by atoms with van der Waals surface area (Å²) in [6.45, 7) is 4.54. The van der Waals surface area contributed by atoms with Crippen LogP contribution in [0.15, 0.2) is 0 Å². The summed E-state index contributed by atoms with van der Waals surface area (Å²) in [7, 11) is 0. The molecule has 3 atom stereocenters. The van der Waals surface area contributed by atoms with Crippen molar-refractivity contribution < 1.29 is 5.11 Å². The summed E-state index contributed by atoms with van der Waals surface area (Å²) < 4.78 is 0. The topological polar surface area (TPSA) is 49.5 Å². The van der Waals surface area contributed by atoms with Gasteiger partial charge in [0, 0.05) is 25.2 Å². The molecule has 0 spiro atoms. The molecule has 100 valence electrons. The average Bonchev–Trinajstić information content (AvgIpc) is 3.15. The molecule has 2 saturated carbocycles. The van der Waals surface area contributed by atoms with Crippen molar-refractivity contribution in [3.05, 3.63) is 0 Å². The summed E-state index contributed by atoms with van der Waals surface area (Å²) in [6.07, 6.45) is 7.75. The molecule has 0 amide bonds. The van der Waals surface area contributed by atoms with Gasteiger partial charge < -0.3 is 10.8 Å². The van der Waals surface area contributed by atoms with Crippen LogP contribution in [0.25, 0.3) is 0 Å². The van der Waals surface area contributed by atoms with E-state index in [4.69, 9.17) is 10.8 Å². The van der Waals surface area contributed by atoms with Crippen molar-refractivity contribution in [1.29, 1.82) is 0 Å². The van der Waals surface area contributed by atoms with E-state index in [0.29, 0.717) is 12.0 Å². The molecule has 3 nitrogen and oxygen atoms in total. The van der Waals surface area contributed by atoms with E-state index in [2.05, 4.69) is 11.8 Å². The smallest absolute Gasteiger partial charge is 0.0558 e. The van der Waals surface area contributed by atoms with E-state index in [-0.39, 0.29) is 6.61 Å². The fourth-order valence-electron chi connectivity index (χ4n) is 3.26. The van der Waals surface area contributed by atoms with Crippen LogP contribution in [0.1, 0.15) is 45.4 Å². The number of hydrogen-bond acceptors (Lipinski definition) is 3. The number of nitrogens with zero attached hydrogens (tertiary/aromatic N) is 1. The van der Waals surface area contributed by atoms with Crippen molar-refractivity contribution in [2.24, 2.45) is 17.6 Å². The third-order valence-corrected chi connectivity index (χ3v) is 4.65. The van der Waals surface area contributed by atoms with Crippen LogP contribution in [0.2, 0.25) is 0 Å². The summed E-state index contributed by atoms with van der Waals surface area (Å²) in [5.41, 5.74) is 6.27. The molecule has 2 aliphatic carbocycles.